The molecule has 2 rings (SSSR count). The van der Waals surface area contributed by atoms with Crippen molar-refractivity contribution in [2.75, 3.05) is 13.1 Å². The van der Waals surface area contributed by atoms with Gasteiger partial charge in [0.1, 0.15) is 6.04 Å². The van der Waals surface area contributed by atoms with Crippen molar-refractivity contribution >= 4 is 17.7 Å². The Kier molecular flexibility index (Phi) is 6.71. The van der Waals surface area contributed by atoms with Crippen LogP contribution in [0.25, 0.3) is 0 Å². The third kappa shape index (κ3) is 5.76. The molecule has 3 amide bonds. The lowest BCUT2D eigenvalue weighted by molar-refractivity contribution is -0.122. The average molecular weight is 339 g/mol. The van der Waals surface area contributed by atoms with Crippen LogP contribution < -0.4 is 16.0 Å². The van der Waals surface area contributed by atoms with Gasteiger partial charge in [-0.2, -0.15) is 0 Å². The Bertz CT molecular complexity index is 717. The largest absolute Gasteiger partial charge is 0.353 e. The SMILES string of the molecule is CC(NC(=O)c1ccccc1)C(=O)NCCNC(=O)c1ccccc1. The monoisotopic (exact) mass is 339 g/mol. The number of carbonyl (C=O) groups is 3. The zero-order valence-corrected chi connectivity index (χ0v) is 14.0. The first-order chi connectivity index (χ1) is 12.1. The molecule has 0 aliphatic carbocycles. The smallest absolute Gasteiger partial charge is 0.251 e. The van der Waals surface area contributed by atoms with E-state index >= 15 is 0 Å². The van der Waals surface area contributed by atoms with Gasteiger partial charge in [0.15, 0.2) is 0 Å². The molecule has 0 spiro atoms. The summed E-state index contributed by atoms with van der Waals surface area (Å²) < 4.78 is 0. The van der Waals surface area contributed by atoms with E-state index in [-0.39, 0.29) is 24.3 Å². The molecule has 0 aromatic heterocycles. The first kappa shape index (κ1) is 18.2. The van der Waals surface area contributed by atoms with Gasteiger partial charge in [-0.15, -0.1) is 0 Å². The zero-order valence-electron chi connectivity index (χ0n) is 14.0. The van der Waals surface area contributed by atoms with Gasteiger partial charge in [-0.05, 0) is 31.2 Å². The Balaban J connectivity index is 1.69. The second kappa shape index (κ2) is 9.22. The van der Waals surface area contributed by atoms with E-state index in [1.54, 1.807) is 55.5 Å². The molecule has 6 nitrogen and oxygen atoms in total. The maximum Gasteiger partial charge on any atom is 0.251 e. The van der Waals surface area contributed by atoms with Crippen molar-refractivity contribution in [3.8, 4) is 0 Å². The van der Waals surface area contributed by atoms with Gasteiger partial charge in [0, 0.05) is 24.2 Å². The fourth-order valence-electron chi connectivity index (χ4n) is 2.14. The molecular weight excluding hydrogens is 318 g/mol. The molecule has 0 aliphatic rings. The first-order valence-corrected chi connectivity index (χ1v) is 8.05. The van der Waals surface area contributed by atoms with Crippen LogP contribution in [0.2, 0.25) is 0 Å². The van der Waals surface area contributed by atoms with E-state index in [0.29, 0.717) is 17.7 Å². The van der Waals surface area contributed by atoms with Gasteiger partial charge in [0.2, 0.25) is 5.91 Å². The van der Waals surface area contributed by atoms with E-state index in [4.69, 9.17) is 0 Å². The van der Waals surface area contributed by atoms with E-state index in [0.717, 1.165) is 0 Å². The van der Waals surface area contributed by atoms with Crippen molar-refractivity contribution in [2.45, 2.75) is 13.0 Å². The van der Waals surface area contributed by atoms with Crippen LogP contribution in [-0.4, -0.2) is 36.9 Å². The van der Waals surface area contributed by atoms with E-state index < -0.39 is 6.04 Å². The molecule has 3 N–H and O–H groups in total. The Hall–Kier alpha value is -3.15. The van der Waals surface area contributed by atoms with Crippen molar-refractivity contribution in [3.63, 3.8) is 0 Å². The van der Waals surface area contributed by atoms with E-state index in [9.17, 15) is 14.4 Å². The topological polar surface area (TPSA) is 87.3 Å². The second-order valence-corrected chi connectivity index (χ2v) is 5.47. The maximum atomic E-state index is 12.0. The third-order valence-corrected chi connectivity index (χ3v) is 3.52. The minimum atomic E-state index is -0.669. The maximum absolute atomic E-state index is 12.0. The van der Waals surface area contributed by atoms with Crippen LogP contribution in [0.15, 0.2) is 60.7 Å². The Morgan fingerprint density at radius 1 is 0.760 bits per heavy atom. The molecule has 6 heteroatoms. The minimum absolute atomic E-state index is 0.194. The Labute approximate surface area is 146 Å². The fraction of sp³-hybridized carbons (Fsp3) is 0.211. The minimum Gasteiger partial charge on any atom is -0.353 e. The van der Waals surface area contributed by atoms with Gasteiger partial charge in [0.05, 0.1) is 0 Å². The van der Waals surface area contributed by atoms with E-state index in [1.807, 2.05) is 12.1 Å². The van der Waals surface area contributed by atoms with Crippen molar-refractivity contribution in [2.24, 2.45) is 0 Å². The molecule has 130 valence electrons. The highest BCUT2D eigenvalue weighted by atomic mass is 16.2. The Morgan fingerprint density at radius 2 is 1.24 bits per heavy atom. The summed E-state index contributed by atoms with van der Waals surface area (Å²) in [7, 11) is 0. The van der Waals surface area contributed by atoms with Crippen LogP contribution in [-0.2, 0) is 4.79 Å². The molecule has 2 aromatic rings. The lowest BCUT2D eigenvalue weighted by Gasteiger charge is -2.14. The summed E-state index contributed by atoms with van der Waals surface area (Å²) in [6.07, 6.45) is 0. The van der Waals surface area contributed by atoms with Crippen molar-refractivity contribution in [1.29, 1.82) is 0 Å². The predicted octanol–water partition coefficient (Wildman–Crippen LogP) is 1.35. The summed E-state index contributed by atoms with van der Waals surface area (Å²) in [5.74, 6) is -0.806. The molecular formula is C19H21N3O3. The summed E-state index contributed by atoms with van der Waals surface area (Å²) in [4.78, 5) is 35.8. The number of hydrogen-bond acceptors (Lipinski definition) is 3. The van der Waals surface area contributed by atoms with Crippen LogP contribution in [0.1, 0.15) is 27.6 Å². The van der Waals surface area contributed by atoms with E-state index in [2.05, 4.69) is 16.0 Å². The third-order valence-electron chi connectivity index (χ3n) is 3.52. The fourth-order valence-corrected chi connectivity index (χ4v) is 2.14. The molecule has 0 heterocycles. The number of rotatable bonds is 7. The molecule has 1 atom stereocenters. The van der Waals surface area contributed by atoms with Gasteiger partial charge >= 0.3 is 0 Å². The van der Waals surface area contributed by atoms with Crippen LogP contribution in [0.5, 0.6) is 0 Å². The highest BCUT2D eigenvalue weighted by Crippen LogP contribution is 1.99. The number of hydrogen-bond donors (Lipinski definition) is 3. The van der Waals surface area contributed by atoms with Crippen molar-refractivity contribution in [3.05, 3.63) is 71.8 Å². The molecule has 0 saturated carbocycles. The van der Waals surface area contributed by atoms with Crippen LogP contribution >= 0.6 is 0 Å². The number of nitrogens with one attached hydrogen (secondary N) is 3. The first-order valence-electron chi connectivity index (χ1n) is 8.05. The summed E-state index contributed by atoms with van der Waals surface area (Å²) >= 11 is 0. The van der Waals surface area contributed by atoms with Crippen molar-refractivity contribution < 1.29 is 14.4 Å². The standard InChI is InChI=1S/C19H21N3O3/c1-14(22-19(25)16-10-6-3-7-11-16)17(23)20-12-13-21-18(24)15-8-4-2-5-9-15/h2-11,14H,12-13H2,1H3,(H,20,23)(H,21,24)(H,22,25). The van der Waals surface area contributed by atoms with Gasteiger partial charge in [0.25, 0.3) is 11.8 Å². The summed E-state index contributed by atoms with van der Waals surface area (Å²) in [6, 6.07) is 16.9. The van der Waals surface area contributed by atoms with E-state index in [1.165, 1.54) is 0 Å². The van der Waals surface area contributed by atoms with Gasteiger partial charge in [-0.1, -0.05) is 36.4 Å². The van der Waals surface area contributed by atoms with Gasteiger partial charge in [-0.25, -0.2) is 0 Å². The number of amides is 3. The molecule has 0 saturated heterocycles. The number of benzene rings is 2. The molecule has 2 aromatic carbocycles. The molecule has 0 radical (unpaired) electrons. The average Bonchev–Trinajstić information content (AvgIpc) is 2.66. The summed E-state index contributed by atoms with van der Waals surface area (Å²) in [5.41, 5.74) is 1.06. The van der Waals surface area contributed by atoms with Crippen LogP contribution in [0.4, 0.5) is 0 Å². The lowest BCUT2D eigenvalue weighted by Crippen LogP contribution is -2.46. The highest BCUT2D eigenvalue weighted by Gasteiger charge is 2.16. The molecule has 0 fully saturated rings. The Morgan fingerprint density at radius 3 is 1.80 bits per heavy atom. The lowest BCUT2D eigenvalue weighted by atomic mass is 10.2. The highest BCUT2D eigenvalue weighted by molar-refractivity contribution is 5.97. The van der Waals surface area contributed by atoms with Crippen LogP contribution in [0, 0.1) is 0 Å². The van der Waals surface area contributed by atoms with Crippen molar-refractivity contribution in [1.82, 2.24) is 16.0 Å². The summed E-state index contributed by atoms with van der Waals surface area (Å²) in [5, 5.41) is 8.03. The predicted molar refractivity (Wildman–Crippen MR) is 95.2 cm³/mol. The normalized spacial score (nSPS) is 11.2. The number of carbonyl (C=O) groups excluding carboxylic acids is 3. The molecule has 0 bridgehead atoms. The van der Waals surface area contributed by atoms with Gasteiger partial charge < -0.3 is 16.0 Å². The quantitative estimate of drug-likeness (QED) is 0.666. The zero-order chi connectivity index (χ0) is 18.1. The van der Waals surface area contributed by atoms with Crippen LogP contribution in [0.3, 0.4) is 0 Å². The molecule has 1 unspecified atom stereocenters. The second-order valence-electron chi connectivity index (χ2n) is 5.47. The van der Waals surface area contributed by atoms with Gasteiger partial charge in [-0.3, -0.25) is 14.4 Å². The molecule has 25 heavy (non-hydrogen) atoms. The molecule has 0 aliphatic heterocycles. The summed E-state index contributed by atoms with van der Waals surface area (Å²) in [6.45, 7) is 2.19.